The summed E-state index contributed by atoms with van der Waals surface area (Å²) in [5.41, 5.74) is 5.62. The Morgan fingerprint density at radius 3 is 1.23 bits per heavy atom. The van der Waals surface area contributed by atoms with Gasteiger partial charge in [-0.1, -0.05) is 137 Å². The molecule has 0 unspecified atom stereocenters. The van der Waals surface area contributed by atoms with Crippen LogP contribution in [0.4, 0.5) is 0 Å². The third-order valence-electron chi connectivity index (χ3n) is 9.29. The first-order valence-corrected chi connectivity index (χ1v) is 18.4. The van der Waals surface area contributed by atoms with Crippen molar-refractivity contribution in [1.29, 1.82) is 0 Å². The molecule has 2 aromatic heterocycles. The van der Waals surface area contributed by atoms with Gasteiger partial charge in [0.1, 0.15) is 0 Å². The molecule has 2 heterocycles. The van der Waals surface area contributed by atoms with Gasteiger partial charge in [0.05, 0.1) is 0 Å². The maximum Gasteiger partial charge on any atom is 0.0358 e. The SMILES string of the molecule is CCCCCCc1sc2ccc3c4ccc5sc(CCCCCC)c(-c6ccccc6)c5c4ccc3c2c1-c1ccccc1. The van der Waals surface area contributed by atoms with Gasteiger partial charge in [-0.2, -0.15) is 0 Å². The van der Waals surface area contributed by atoms with Crippen LogP contribution in [0.2, 0.25) is 0 Å². The van der Waals surface area contributed by atoms with E-state index in [4.69, 9.17) is 0 Å². The lowest BCUT2D eigenvalue weighted by molar-refractivity contribution is 0.670. The number of thiophene rings is 2. The van der Waals surface area contributed by atoms with Crippen molar-refractivity contribution < 1.29 is 0 Å². The van der Waals surface area contributed by atoms with Crippen LogP contribution in [-0.2, 0) is 12.8 Å². The van der Waals surface area contributed by atoms with E-state index >= 15 is 0 Å². The zero-order valence-electron chi connectivity index (χ0n) is 26.1. The van der Waals surface area contributed by atoms with Crippen LogP contribution in [-0.4, -0.2) is 0 Å². The number of unbranched alkanes of at least 4 members (excludes halogenated alkanes) is 6. The van der Waals surface area contributed by atoms with Crippen LogP contribution in [0.1, 0.15) is 75.0 Å². The molecule has 5 aromatic carbocycles. The molecule has 0 spiro atoms. The lowest BCUT2D eigenvalue weighted by Gasteiger charge is -2.11. The Hall–Kier alpha value is -3.46. The molecule has 0 radical (unpaired) electrons. The molecule has 44 heavy (non-hydrogen) atoms. The molecule has 0 amide bonds. The molecule has 7 aromatic rings. The van der Waals surface area contributed by atoms with E-state index in [1.165, 1.54) is 115 Å². The molecule has 2 heteroatoms. The average Bonchev–Trinajstić information content (AvgIpc) is 3.64. The third kappa shape index (κ3) is 5.48. The highest BCUT2D eigenvalue weighted by Crippen LogP contribution is 2.47. The summed E-state index contributed by atoms with van der Waals surface area (Å²) in [7, 11) is 0. The quantitative estimate of drug-likeness (QED) is 0.0953. The van der Waals surface area contributed by atoms with Gasteiger partial charge in [0.25, 0.3) is 0 Å². The van der Waals surface area contributed by atoms with E-state index in [1.807, 2.05) is 22.7 Å². The van der Waals surface area contributed by atoms with Crippen molar-refractivity contribution in [3.8, 4) is 22.3 Å². The normalized spacial score (nSPS) is 11.9. The van der Waals surface area contributed by atoms with Crippen molar-refractivity contribution in [3.05, 3.63) is 107 Å². The smallest absolute Gasteiger partial charge is 0.0358 e. The van der Waals surface area contributed by atoms with Crippen LogP contribution >= 0.6 is 22.7 Å². The second-order valence-corrected chi connectivity index (χ2v) is 14.6. The van der Waals surface area contributed by atoms with Gasteiger partial charge in [0, 0.05) is 41.1 Å². The number of benzene rings is 5. The van der Waals surface area contributed by atoms with Crippen molar-refractivity contribution in [2.45, 2.75) is 78.1 Å². The second-order valence-electron chi connectivity index (χ2n) is 12.3. The van der Waals surface area contributed by atoms with Crippen LogP contribution in [0.15, 0.2) is 97.1 Å². The van der Waals surface area contributed by atoms with E-state index in [0.29, 0.717) is 0 Å². The maximum atomic E-state index is 2.44. The molecule has 0 saturated heterocycles. The molecule has 0 nitrogen and oxygen atoms in total. The van der Waals surface area contributed by atoms with E-state index < -0.39 is 0 Å². The maximum absolute atomic E-state index is 2.44. The lowest BCUT2D eigenvalue weighted by atomic mass is 9.91. The Bertz CT molecular complexity index is 1880. The first-order valence-electron chi connectivity index (χ1n) is 16.7. The summed E-state index contributed by atoms with van der Waals surface area (Å²) in [6, 6.07) is 36.7. The first-order chi connectivity index (χ1) is 21.8. The fourth-order valence-corrected chi connectivity index (χ4v) is 9.68. The molecule has 0 saturated carbocycles. The van der Waals surface area contributed by atoms with Gasteiger partial charge in [0.15, 0.2) is 0 Å². The zero-order chi connectivity index (χ0) is 29.9. The average molecular weight is 611 g/mol. The zero-order valence-corrected chi connectivity index (χ0v) is 27.8. The highest BCUT2D eigenvalue weighted by Gasteiger charge is 2.20. The number of rotatable bonds is 12. The van der Waals surface area contributed by atoms with Crippen LogP contribution in [0.3, 0.4) is 0 Å². The lowest BCUT2D eigenvalue weighted by Crippen LogP contribution is -1.88. The van der Waals surface area contributed by atoms with Crippen molar-refractivity contribution in [2.24, 2.45) is 0 Å². The van der Waals surface area contributed by atoms with E-state index in [-0.39, 0.29) is 0 Å². The third-order valence-corrected chi connectivity index (χ3v) is 11.7. The van der Waals surface area contributed by atoms with Crippen LogP contribution < -0.4 is 0 Å². The minimum atomic E-state index is 1.16. The van der Waals surface area contributed by atoms with Crippen molar-refractivity contribution in [3.63, 3.8) is 0 Å². The standard InChI is InChI=1S/C42H42S2/c1-3-5-7-15-21-35-39(29-17-11-9-12-18-29)41-33-23-24-34-32(31(33)25-27-37(41)43-35)26-28-38-42(34)40(30-19-13-10-14-20-30)36(44-38)22-16-8-6-4-2/h9-14,17-20,23-28H,3-8,15-16,21-22H2,1-2H3. The minimum Gasteiger partial charge on any atom is -0.140 e. The highest BCUT2D eigenvalue weighted by molar-refractivity contribution is 7.20. The van der Waals surface area contributed by atoms with Gasteiger partial charge in [-0.25, -0.2) is 0 Å². The summed E-state index contributed by atoms with van der Waals surface area (Å²) >= 11 is 4.03. The Morgan fingerprint density at radius 1 is 0.409 bits per heavy atom. The summed E-state index contributed by atoms with van der Waals surface area (Å²) in [5.74, 6) is 0. The van der Waals surface area contributed by atoms with Gasteiger partial charge in [0.2, 0.25) is 0 Å². The number of fused-ring (bicyclic) bond motifs is 7. The molecular weight excluding hydrogens is 569 g/mol. The number of aryl methyl sites for hydroxylation is 2. The number of hydrogen-bond acceptors (Lipinski definition) is 2. The molecule has 0 N–H and O–H groups in total. The molecule has 0 atom stereocenters. The second kappa shape index (κ2) is 13.3. The summed E-state index contributed by atoms with van der Waals surface area (Å²) in [6.07, 6.45) is 12.7. The molecule has 0 aliphatic rings. The molecular formula is C42H42S2. The van der Waals surface area contributed by atoms with Crippen LogP contribution in [0.25, 0.3) is 64.0 Å². The number of hydrogen-bond donors (Lipinski definition) is 0. The van der Waals surface area contributed by atoms with Gasteiger partial charge in [-0.3, -0.25) is 0 Å². The Kier molecular flexibility index (Phi) is 8.82. The summed E-state index contributed by atoms with van der Waals surface area (Å²) in [6.45, 7) is 4.60. The topological polar surface area (TPSA) is 0 Å². The molecule has 7 rings (SSSR count). The molecule has 222 valence electrons. The van der Waals surface area contributed by atoms with Crippen LogP contribution in [0, 0.1) is 0 Å². The Labute approximate surface area is 270 Å². The first kappa shape index (κ1) is 29.3. The van der Waals surface area contributed by atoms with Crippen molar-refractivity contribution >= 4 is 64.4 Å². The molecule has 0 aliphatic heterocycles. The van der Waals surface area contributed by atoms with Crippen molar-refractivity contribution in [2.75, 3.05) is 0 Å². The molecule has 0 bridgehead atoms. The van der Waals surface area contributed by atoms with E-state index in [9.17, 15) is 0 Å². The van der Waals surface area contributed by atoms with Crippen molar-refractivity contribution in [1.82, 2.24) is 0 Å². The summed E-state index contributed by atoms with van der Waals surface area (Å²) in [5, 5.41) is 8.41. The van der Waals surface area contributed by atoms with Crippen LogP contribution in [0.5, 0.6) is 0 Å². The highest BCUT2D eigenvalue weighted by atomic mass is 32.1. The molecule has 0 aliphatic carbocycles. The molecule has 0 fully saturated rings. The fourth-order valence-electron chi connectivity index (χ4n) is 7.11. The monoisotopic (exact) mass is 610 g/mol. The fraction of sp³-hybridized carbons (Fsp3) is 0.286. The predicted octanol–water partition coefficient (Wildman–Crippen LogP) is 14.0. The summed E-state index contributed by atoms with van der Waals surface area (Å²) in [4.78, 5) is 3.09. The Balaban J connectivity index is 1.44. The van der Waals surface area contributed by atoms with E-state index in [2.05, 4.69) is 111 Å². The van der Waals surface area contributed by atoms with E-state index in [0.717, 1.165) is 12.8 Å². The predicted molar refractivity (Wildman–Crippen MR) is 199 cm³/mol. The van der Waals surface area contributed by atoms with E-state index in [1.54, 1.807) is 9.75 Å². The van der Waals surface area contributed by atoms with Gasteiger partial charge in [-0.15, -0.1) is 22.7 Å². The van der Waals surface area contributed by atoms with Gasteiger partial charge >= 0.3 is 0 Å². The minimum absolute atomic E-state index is 1.16. The Morgan fingerprint density at radius 2 is 0.818 bits per heavy atom. The largest absolute Gasteiger partial charge is 0.140 e. The van der Waals surface area contributed by atoms with Gasteiger partial charge in [-0.05, 0) is 70.5 Å². The van der Waals surface area contributed by atoms with Gasteiger partial charge < -0.3 is 0 Å². The summed E-state index contributed by atoms with van der Waals surface area (Å²) < 4.78 is 2.83.